The highest BCUT2D eigenvalue weighted by Gasteiger charge is 2.14. The Kier molecular flexibility index (Phi) is 2.45. The number of carbonyl (C=O) groups excluding carboxylic acids is 1. The Balaban J connectivity index is 2.15. The predicted octanol–water partition coefficient (Wildman–Crippen LogP) is 1.63. The number of para-hydroxylation sites is 1. The molecule has 0 aliphatic rings. The van der Waals surface area contributed by atoms with Crippen molar-refractivity contribution in [3.8, 4) is 0 Å². The number of nitrogens with zero attached hydrogens (tertiary/aromatic N) is 2. The lowest BCUT2D eigenvalue weighted by Crippen LogP contribution is -2.13. The molecule has 5 nitrogen and oxygen atoms in total. The van der Waals surface area contributed by atoms with Crippen molar-refractivity contribution in [1.82, 2.24) is 10.3 Å². The molecule has 2 aromatic rings. The molecule has 1 aromatic carbocycles. The second-order valence-electron chi connectivity index (χ2n) is 3.02. The Morgan fingerprint density at radius 2 is 2.00 bits per heavy atom. The number of carbonyl (C=O) groups is 1. The van der Waals surface area contributed by atoms with Crippen LogP contribution in [0, 0.1) is 6.92 Å². The molecule has 0 radical (unpaired) electrons. The molecule has 0 spiro atoms. The summed E-state index contributed by atoms with van der Waals surface area (Å²) in [6.07, 6.45) is 0. The van der Waals surface area contributed by atoms with Crippen LogP contribution in [-0.4, -0.2) is 16.2 Å². The maximum Gasteiger partial charge on any atom is 0.279 e. The summed E-state index contributed by atoms with van der Waals surface area (Å²) in [6, 6.07) is 9.13. The molecule has 0 saturated heterocycles. The summed E-state index contributed by atoms with van der Waals surface area (Å²) >= 11 is 0. The van der Waals surface area contributed by atoms with Crippen molar-refractivity contribution in [3.05, 3.63) is 41.7 Å². The van der Waals surface area contributed by atoms with E-state index in [9.17, 15) is 4.79 Å². The van der Waals surface area contributed by atoms with Gasteiger partial charge in [0.15, 0.2) is 5.69 Å². The molecule has 1 heterocycles. The van der Waals surface area contributed by atoms with Gasteiger partial charge in [-0.3, -0.25) is 4.79 Å². The first-order valence-electron chi connectivity index (χ1n) is 4.43. The first kappa shape index (κ1) is 9.39. The second-order valence-corrected chi connectivity index (χ2v) is 3.02. The first-order chi connectivity index (χ1) is 7.27. The zero-order chi connectivity index (χ0) is 10.7. The van der Waals surface area contributed by atoms with Crippen LogP contribution in [0.25, 0.3) is 0 Å². The van der Waals surface area contributed by atoms with E-state index in [2.05, 4.69) is 20.3 Å². The fourth-order valence-corrected chi connectivity index (χ4v) is 1.15. The van der Waals surface area contributed by atoms with Gasteiger partial charge in [0, 0.05) is 5.69 Å². The predicted molar refractivity (Wildman–Crippen MR) is 53.4 cm³/mol. The molecular formula is C10H9N3O2. The maximum absolute atomic E-state index is 11.6. The van der Waals surface area contributed by atoms with E-state index in [4.69, 9.17) is 0 Å². The molecule has 1 aromatic heterocycles. The monoisotopic (exact) mass is 203 g/mol. The van der Waals surface area contributed by atoms with Gasteiger partial charge in [-0.2, -0.15) is 0 Å². The number of rotatable bonds is 2. The molecule has 2 rings (SSSR count). The van der Waals surface area contributed by atoms with Gasteiger partial charge in [-0.1, -0.05) is 23.4 Å². The molecule has 1 amide bonds. The SMILES string of the molecule is Cc1nonc1C(=O)Nc1ccccc1. The number of amides is 1. The molecule has 1 N–H and O–H groups in total. The highest BCUT2D eigenvalue weighted by atomic mass is 16.6. The highest BCUT2D eigenvalue weighted by Crippen LogP contribution is 2.08. The van der Waals surface area contributed by atoms with Gasteiger partial charge in [-0.05, 0) is 24.2 Å². The molecule has 0 atom stereocenters. The molecule has 0 aliphatic carbocycles. The van der Waals surface area contributed by atoms with Crippen molar-refractivity contribution < 1.29 is 9.42 Å². The van der Waals surface area contributed by atoms with E-state index in [1.165, 1.54) is 0 Å². The van der Waals surface area contributed by atoms with Crippen LogP contribution in [0.5, 0.6) is 0 Å². The average Bonchev–Trinajstić information content (AvgIpc) is 2.66. The Labute approximate surface area is 86.1 Å². The van der Waals surface area contributed by atoms with E-state index in [0.29, 0.717) is 11.4 Å². The summed E-state index contributed by atoms with van der Waals surface area (Å²) < 4.78 is 4.44. The van der Waals surface area contributed by atoms with E-state index >= 15 is 0 Å². The zero-order valence-electron chi connectivity index (χ0n) is 8.10. The number of nitrogens with one attached hydrogen (secondary N) is 1. The Bertz CT molecular complexity index is 465. The fraction of sp³-hybridized carbons (Fsp3) is 0.100. The fourth-order valence-electron chi connectivity index (χ4n) is 1.15. The number of hydrogen-bond donors (Lipinski definition) is 1. The average molecular weight is 203 g/mol. The molecule has 15 heavy (non-hydrogen) atoms. The summed E-state index contributed by atoms with van der Waals surface area (Å²) in [5, 5.41) is 9.73. The van der Waals surface area contributed by atoms with E-state index < -0.39 is 0 Å². The third kappa shape index (κ3) is 2.01. The van der Waals surface area contributed by atoms with Crippen molar-refractivity contribution in [2.75, 3.05) is 5.32 Å². The van der Waals surface area contributed by atoms with Crippen LogP contribution in [0.4, 0.5) is 5.69 Å². The maximum atomic E-state index is 11.6. The van der Waals surface area contributed by atoms with Gasteiger partial charge in [0.05, 0.1) is 0 Å². The van der Waals surface area contributed by atoms with Crippen LogP contribution in [0.1, 0.15) is 16.2 Å². The molecule has 0 fully saturated rings. The normalized spacial score (nSPS) is 9.93. The van der Waals surface area contributed by atoms with Gasteiger partial charge in [0.1, 0.15) is 5.69 Å². The van der Waals surface area contributed by atoms with Crippen LogP contribution in [0.2, 0.25) is 0 Å². The summed E-state index contributed by atoms with van der Waals surface area (Å²) in [5.41, 5.74) is 1.40. The lowest BCUT2D eigenvalue weighted by molar-refractivity contribution is 0.101. The van der Waals surface area contributed by atoms with Crippen LogP contribution in [0.15, 0.2) is 35.0 Å². The van der Waals surface area contributed by atoms with Crippen LogP contribution >= 0.6 is 0 Å². The number of hydrogen-bond acceptors (Lipinski definition) is 4. The van der Waals surface area contributed by atoms with Crippen molar-refractivity contribution in [1.29, 1.82) is 0 Å². The largest absolute Gasteiger partial charge is 0.320 e. The van der Waals surface area contributed by atoms with Crippen molar-refractivity contribution in [2.45, 2.75) is 6.92 Å². The summed E-state index contributed by atoms with van der Waals surface area (Å²) in [4.78, 5) is 11.6. The Hall–Kier alpha value is -2.17. The van der Waals surface area contributed by atoms with Gasteiger partial charge in [-0.25, -0.2) is 4.63 Å². The number of aromatic nitrogens is 2. The molecule has 5 heteroatoms. The van der Waals surface area contributed by atoms with E-state index in [0.717, 1.165) is 0 Å². The lowest BCUT2D eigenvalue weighted by Gasteiger charge is -2.01. The van der Waals surface area contributed by atoms with Crippen molar-refractivity contribution >= 4 is 11.6 Å². The molecular weight excluding hydrogens is 194 g/mol. The second kappa shape index (κ2) is 3.91. The molecule has 0 aliphatic heterocycles. The smallest absolute Gasteiger partial charge is 0.279 e. The van der Waals surface area contributed by atoms with E-state index in [1.54, 1.807) is 19.1 Å². The molecule has 76 valence electrons. The van der Waals surface area contributed by atoms with Crippen LogP contribution < -0.4 is 5.32 Å². The summed E-state index contributed by atoms with van der Waals surface area (Å²) in [7, 11) is 0. The first-order valence-corrected chi connectivity index (χ1v) is 4.43. The van der Waals surface area contributed by atoms with E-state index in [1.807, 2.05) is 18.2 Å². The molecule has 0 unspecified atom stereocenters. The lowest BCUT2D eigenvalue weighted by atomic mass is 10.3. The van der Waals surface area contributed by atoms with Crippen LogP contribution in [-0.2, 0) is 0 Å². The standard InChI is InChI=1S/C10H9N3O2/c1-7-9(13-15-12-7)10(14)11-8-5-3-2-4-6-8/h2-6H,1H3,(H,11,14). The minimum Gasteiger partial charge on any atom is -0.320 e. The number of anilines is 1. The van der Waals surface area contributed by atoms with Crippen molar-refractivity contribution in [2.24, 2.45) is 0 Å². The number of aryl methyl sites for hydroxylation is 1. The quantitative estimate of drug-likeness (QED) is 0.805. The molecule has 0 saturated carbocycles. The third-order valence-corrected chi connectivity index (χ3v) is 1.90. The summed E-state index contributed by atoms with van der Waals surface area (Å²) in [5.74, 6) is -0.319. The number of benzene rings is 1. The molecule has 0 bridgehead atoms. The van der Waals surface area contributed by atoms with Gasteiger partial charge in [0.2, 0.25) is 0 Å². The van der Waals surface area contributed by atoms with E-state index in [-0.39, 0.29) is 11.6 Å². The zero-order valence-corrected chi connectivity index (χ0v) is 8.10. The van der Waals surface area contributed by atoms with Gasteiger partial charge >= 0.3 is 0 Å². The topological polar surface area (TPSA) is 68.0 Å². The Morgan fingerprint density at radius 3 is 2.60 bits per heavy atom. The summed E-state index contributed by atoms with van der Waals surface area (Å²) in [6.45, 7) is 1.66. The minimum absolute atomic E-state index is 0.207. The third-order valence-electron chi connectivity index (χ3n) is 1.90. The van der Waals surface area contributed by atoms with Gasteiger partial charge < -0.3 is 5.32 Å². The van der Waals surface area contributed by atoms with Crippen molar-refractivity contribution in [3.63, 3.8) is 0 Å². The Morgan fingerprint density at radius 1 is 1.27 bits per heavy atom. The van der Waals surface area contributed by atoms with Gasteiger partial charge in [-0.15, -0.1) is 0 Å². The van der Waals surface area contributed by atoms with Crippen LogP contribution in [0.3, 0.4) is 0 Å². The minimum atomic E-state index is -0.319. The highest BCUT2D eigenvalue weighted by molar-refractivity contribution is 6.03. The van der Waals surface area contributed by atoms with Gasteiger partial charge in [0.25, 0.3) is 5.91 Å².